The number of hydrogen-bond acceptors (Lipinski definition) is 4. The van der Waals surface area contributed by atoms with Crippen LogP contribution in [0.1, 0.15) is 30.6 Å². The highest BCUT2D eigenvalue weighted by atomic mass is 35.5. The van der Waals surface area contributed by atoms with E-state index in [9.17, 15) is 4.79 Å². The van der Waals surface area contributed by atoms with Crippen LogP contribution in [0.25, 0.3) is 0 Å². The number of nitrogens with one attached hydrogen (secondary N) is 1. The van der Waals surface area contributed by atoms with Gasteiger partial charge in [-0.25, -0.2) is 4.98 Å². The van der Waals surface area contributed by atoms with Crippen LogP contribution in [0.5, 0.6) is 0 Å². The standard InChI is InChI=1S/C14H22ClN3OS/c1-5-16-13-12(15)8-11(9-17-13)14(19)18(3)10(2)6-7-20-4/h8-10H,5-7H2,1-4H3,(H,16,17). The largest absolute Gasteiger partial charge is 0.369 e. The van der Waals surface area contributed by atoms with Crippen molar-refractivity contribution in [2.75, 3.05) is 30.9 Å². The van der Waals surface area contributed by atoms with Gasteiger partial charge in [-0.15, -0.1) is 0 Å². The molecule has 20 heavy (non-hydrogen) atoms. The number of carbonyl (C=O) groups is 1. The highest BCUT2D eigenvalue weighted by molar-refractivity contribution is 7.98. The minimum Gasteiger partial charge on any atom is -0.369 e. The van der Waals surface area contributed by atoms with Gasteiger partial charge < -0.3 is 10.2 Å². The van der Waals surface area contributed by atoms with E-state index in [2.05, 4.69) is 23.5 Å². The number of anilines is 1. The smallest absolute Gasteiger partial charge is 0.255 e. The van der Waals surface area contributed by atoms with E-state index in [1.807, 2.05) is 14.0 Å². The van der Waals surface area contributed by atoms with E-state index >= 15 is 0 Å². The Kier molecular flexibility index (Phi) is 7.16. The summed E-state index contributed by atoms with van der Waals surface area (Å²) in [4.78, 5) is 18.3. The average Bonchev–Trinajstić information content (AvgIpc) is 2.45. The van der Waals surface area contributed by atoms with Crippen molar-refractivity contribution in [1.82, 2.24) is 9.88 Å². The monoisotopic (exact) mass is 315 g/mol. The lowest BCUT2D eigenvalue weighted by atomic mass is 10.2. The highest BCUT2D eigenvalue weighted by Crippen LogP contribution is 2.21. The first-order valence-electron chi connectivity index (χ1n) is 6.66. The molecule has 4 nitrogen and oxygen atoms in total. The quantitative estimate of drug-likeness (QED) is 0.838. The van der Waals surface area contributed by atoms with Crippen molar-refractivity contribution in [3.05, 3.63) is 22.8 Å². The van der Waals surface area contributed by atoms with Crippen molar-refractivity contribution >= 4 is 35.1 Å². The van der Waals surface area contributed by atoms with Gasteiger partial charge in [0.1, 0.15) is 5.82 Å². The number of hydrogen-bond donors (Lipinski definition) is 1. The van der Waals surface area contributed by atoms with Crippen molar-refractivity contribution in [2.24, 2.45) is 0 Å². The maximum absolute atomic E-state index is 12.4. The molecule has 0 aliphatic carbocycles. The molecule has 0 aliphatic rings. The zero-order valence-corrected chi connectivity index (χ0v) is 14.0. The molecule has 0 radical (unpaired) electrons. The molecule has 0 saturated heterocycles. The molecule has 1 aromatic heterocycles. The zero-order valence-electron chi connectivity index (χ0n) is 12.4. The van der Waals surface area contributed by atoms with Crippen molar-refractivity contribution < 1.29 is 4.79 Å². The molecular weight excluding hydrogens is 294 g/mol. The molecular formula is C14H22ClN3OS. The maximum atomic E-state index is 12.4. The van der Waals surface area contributed by atoms with Gasteiger partial charge in [-0.3, -0.25) is 4.79 Å². The zero-order chi connectivity index (χ0) is 15.1. The van der Waals surface area contributed by atoms with Crippen molar-refractivity contribution in [3.8, 4) is 0 Å². The SMILES string of the molecule is CCNc1ncc(C(=O)N(C)C(C)CCSC)cc1Cl. The summed E-state index contributed by atoms with van der Waals surface area (Å²) in [5.74, 6) is 1.61. The summed E-state index contributed by atoms with van der Waals surface area (Å²) in [7, 11) is 1.82. The molecule has 1 rings (SSSR count). The first-order chi connectivity index (χ1) is 9.51. The Labute approximate surface area is 130 Å². The van der Waals surface area contributed by atoms with Gasteiger partial charge in [0.25, 0.3) is 5.91 Å². The van der Waals surface area contributed by atoms with E-state index in [1.165, 1.54) is 0 Å². The number of halogens is 1. The summed E-state index contributed by atoms with van der Waals surface area (Å²) in [6.45, 7) is 4.76. The Hall–Kier alpha value is -0.940. The van der Waals surface area contributed by atoms with Gasteiger partial charge in [-0.05, 0) is 38.3 Å². The van der Waals surface area contributed by atoms with Gasteiger partial charge in [0.15, 0.2) is 0 Å². The van der Waals surface area contributed by atoms with E-state index in [1.54, 1.807) is 28.9 Å². The third-order valence-corrected chi connectivity index (χ3v) is 4.09. The van der Waals surface area contributed by atoms with Crippen LogP contribution in [-0.4, -0.2) is 47.4 Å². The fourth-order valence-corrected chi connectivity index (χ4v) is 2.55. The first-order valence-corrected chi connectivity index (χ1v) is 8.43. The molecule has 112 valence electrons. The Morgan fingerprint density at radius 1 is 1.60 bits per heavy atom. The lowest BCUT2D eigenvalue weighted by Crippen LogP contribution is -2.35. The third-order valence-electron chi connectivity index (χ3n) is 3.15. The van der Waals surface area contributed by atoms with Crippen LogP contribution in [-0.2, 0) is 0 Å². The number of aromatic nitrogens is 1. The van der Waals surface area contributed by atoms with Gasteiger partial charge in [-0.2, -0.15) is 11.8 Å². The second-order valence-electron chi connectivity index (χ2n) is 4.63. The fraction of sp³-hybridized carbons (Fsp3) is 0.571. The Bertz CT molecular complexity index is 456. The van der Waals surface area contributed by atoms with Crippen LogP contribution in [0.4, 0.5) is 5.82 Å². The van der Waals surface area contributed by atoms with Crippen LogP contribution in [0.2, 0.25) is 5.02 Å². The second-order valence-corrected chi connectivity index (χ2v) is 6.02. The lowest BCUT2D eigenvalue weighted by molar-refractivity contribution is 0.0741. The van der Waals surface area contributed by atoms with Gasteiger partial charge in [0.05, 0.1) is 10.6 Å². The van der Waals surface area contributed by atoms with Gasteiger partial charge in [-0.1, -0.05) is 11.6 Å². The number of pyridine rings is 1. The van der Waals surface area contributed by atoms with E-state index < -0.39 is 0 Å². The van der Waals surface area contributed by atoms with Gasteiger partial charge >= 0.3 is 0 Å². The Morgan fingerprint density at radius 3 is 2.85 bits per heavy atom. The molecule has 1 heterocycles. The predicted octanol–water partition coefficient (Wildman–Crippen LogP) is 3.38. The van der Waals surface area contributed by atoms with Crippen LogP contribution in [0.15, 0.2) is 12.3 Å². The number of thioether (sulfide) groups is 1. The molecule has 1 N–H and O–H groups in total. The predicted molar refractivity (Wildman–Crippen MR) is 88.0 cm³/mol. The fourth-order valence-electron chi connectivity index (χ4n) is 1.74. The molecule has 0 bridgehead atoms. The minimum atomic E-state index is -0.0453. The molecule has 0 saturated carbocycles. The van der Waals surface area contributed by atoms with E-state index in [0.29, 0.717) is 16.4 Å². The summed E-state index contributed by atoms with van der Waals surface area (Å²) in [6, 6.07) is 1.87. The topological polar surface area (TPSA) is 45.2 Å². The molecule has 0 spiro atoms. The van der Waals surface area contributed by atoms with Gasteiger partial charge in [0, 0.05) is 25.8 Å². The van der Waals surface area contributed by atoms with Crippen LogP contribution in [0, 0.1) is 0 Å². The Morgan fingerprint density at radius 2 is 2.30 bits per heavy atom. The van der Waals surface area contributed by atoms with E-state index in [0.717, 1.165) is 18.7 Å². The Balaban J connectivity index is 2.78. The van der Waals surface area contributed by atoms with Crippen molar-refractivity contribution in [2.45, 2.75) is 26.3 Å². The number of carbonyl (C=O) groups excluding carboxylic acids is 1. The summed E-state index contributed by atoms with van der Waals surface area (Å²) in [5.41, 5.74) is 0.523. The number of nitrogens with zero attached hydrogens (tertiary/aromatic N) is 2. The number of rotatable bonds is 7. The van der Waals surface area contributed by atoms with Crippen LogP contribution < -0.4 is 5.32 Å². The highest BCUT2D eigenvalue weighted by Gasteiger charge is 2.18. The molecule has 1 aromatic rings. The normalized spacial score (nSPS) is 12.1. The summed E-state index contributed by atoms with van der Waals surface area (Å²) >= 11 is 7.91. The molecule has 1 atom stereocenters. The molecule has 1 amide bonds. The molecule has 0 fully saturated rings. The molecule has 0 aromatic carbocycles. The molecule has 0 aliphatic heterocycles. The summed E-state index contributed by atoms with van der Waals surface area (Å²) in [6.07, 6.45) is 4.61. The summed E-state index contributed by atoms with van der Waals surface area (Å²) in [5, 5.41) is 3.53. The van der Waals surface area contributed by atoms with Crippen molar-refractivity contribution in [3.63, 3.8) is 0 Å². The summed E-state index contributed by atoms with van der Waals surface area (Å²) < 4.78 is 0. The molecule has 1 unspecified atom stereocenters. The third kappa shape index (κ3) is 4.56. The number of amides is 1. The van der Waals surface area contributed by atoms with E-state index in [4.69, 9.17) is 11.6 Å². The lowest BCUT2D eigenvalue weighted by Gasteiger charge is -2.25. The average molecular weight is 316 g/mol. The maximum Gasteiger partial charge on any atom is 0.255 e. The first kappa shape index (κ1) is 17.1. The van der Waals surface area contributed by atoms with Gasteiger partial charge in [0.2, 0.25) is 0 Å². The second kappa shape index (κ2) is 8.37. The van der Waals surface area contributed by atoms with E-state index in [-0.39, 0.29) is 11.9 Å². The minimum absolute atomic E-state index is 0.0453. The van der Waals surface area contributed by atoms with Crippen molar-refractivity contribution in [1.29, 1.82) is 0 Å². The van der Waals surface area contributed by atoms with Crippen LogP contribution in [0.3, 0.4) is 0 Å². The van der Waals surface area contributed by atoms with Crippen LogP contribution >= 0.6 is 23.4 Å². The molecule has 6 heteroatoms.